The first-order valence-corrected chi connectivity index (χ1v) is 5.74. The summed E-state index contributed by atoms with van der Waals surface area (Å²) in [6, 6.07) is 7.81. The predicted molar refractivity (Wildman–Crippen MR) is 60.0 cm³/mol. The molecule has 1 fully saturated rings. The minimum Gasteiger partial charge on any atom is -0.490 e. The second-order valence-electron chi connectivity index (χ2n) is 4.19. The van der Waals surface area contributed by atoms with E-state index in [0.29, 0.717) is 6.10 Å². The SMILES string of the molecule is CCCC(O)c1ccc(OC2CC2)cc1. The Morgan fingerprint density at radius 2 is 2.00 bits per heavy atom. The number of hydrogen-bond donors (Lipinski definition) is 1. The first-order chi connectivity index (χ1) is 7.29. The van der Waals surface area contributed by atoms with E-state index in [1.165, 1.54) is 12.8 Å². The zero-order valence-corrected chi connectivity index (χ0v) is 9.15. The molecular weight excluding hydrogens is 188 g/mol. The van der Waals surface area contributed by atoms with Crippen LogP contribution in [0.15, 0.2) is 24.3 Å². The molecule has 0 aliphatic heterocycles. The van der Waals surface area contributed by atoms with Gasteiger partial charge in [0.15, 0.2) is 0 Å². The van der Waals surface area contributed by atoms with Gasteiger partial charge in [-0.15, -0.1) is 0 Å². The molecule has 82 valence electrons. The van der Waals surface area contributed by atoms with Crippen molar-refractivity contribution in [2.24, 2.45) is 0 Å². The van der Waals surface area contributed by atoms with Crippen molar-refractivity contribution in [2.75, 3.05) is 0 Å². The van der Waals surface area contributed by atoms with Crippen molar-refractivity contribution in [3.63, 3.8) is 0 Å². The maximum atomic E-state index is 9.76. The molecule has 2 nitrogen and oxygen atoms in total. The highest BCUT2D eigenvalue weighted by Gasteiger charge is 2.23. The van der Waals surface area contributed by atoms with Gasteiger partial charge in [-0.3, -0.25) is 0 Å². The van der Waals surface area contributed by atoms with E-state index in [0.717, 1.165) is 24.2 Å². The van der Waals surface area contributed by atoms with Crippen LogP contribution in [0.1, 0.15) is 44.3 Å². The summed E-state index contributed by atoms with van der Waals surface area (Å²) in [6.07, 6.45) is 4.30. The normalized spacial score (nSPS) is 17.5. The van der Waals surface area contributed by atoms with Crippen molar-refractivity contribution < 1.29 is 9.84 Å². The number of rotatable bonds is 5. The third-order valence-corrected chi connectivity index (χ3v) is 2.65. The Hall–Kier alpha value is -1.02. The van der Waals surface area contributed by atoms with E-state index < -0.39 is 0 Å². The fraction of sp³-hybridized carbons (Fsp3) is 0.538. The van der Waals surface area contributed by atoms with Gasteiger partial charge in [-0.05, 0) is 37.0 Å². The van der Waals surface area contributed by atoms with Crippen molar-refractivity contribution in [1.82, 2.24) is 0 Å². The Balaban J connectivity index is 1.95. The fourth-order valence-electron chi connectivity index (χ4n) is 1.59. The molecule has 1 aliphatic rings. The van der Waals surface area contributed by atoms with Crippen molar-refractivity contribution in [3.05, 3.63) is 29.8 Å². The zero-order chi connectivity index (χ0) is 10.7. The second-order valence-corrected chi connectivity index (χ2v) is 4.19. The van der Waals surface area contributed by atoms with E-state index >= 15 is 0 Å². The summed E-state index contributed by atoms with van der Waals surface area (Å²) in [5.41, 5.74) is 0.986. The fourth-order valence-corrected chi connectivity index (χ4v) is 1.59. The molecule has 0 saturated heterocycles. The van der Waals surface area contributed by atoms with Gasteiger partial charge >= 0.3 is 0 Å². The monoisotopic (exact) mass is 206 g/mol. The molecule has 2 heteroatoms. The maximum absolute atomic E-state index is 9.76. The highest BCUT2D eigenvalue weighted by molar-refractivity contribution is 5.29. The zero-order valence-electron chi connectivity index (χ0n) is 9.15. The molecule has 0 heterocycles. The van der Waals surface area contributed by atoms with Crippen LogP contribution >= 0.6 is 0 Å². The van der Waals surface area contributed by atoms with Gasteiger partial charge in [0.25, 0.3) is 0 Å². The highest BCUT2D eigenvalue weighted by atomic mass is 16.5. The molecule has 0 aromatic heterocycles. The quantitative estimate of drug-likeness (QED) is 0.802. The molecule has 0 spiro atoms. The Morgan fingerprint density at radius 3 is 2.53 bits per heavy atom. The van der Waals surface area contributed by atoms with E-state index in [-0.39, 0.29) is 6.10 Å². The third-order valence-electron chi connectivity index (χ3n) is 2.65. The summed E-state index contributed by atoms with van der Waals surface area (Å²) in [7, 11) is 0. The van der Waals surface area contributed by atoms with Gasteiger partial charge in [-0.2, -0.15) is 0 Å². The number of hydrogen-bond acceptors (Lipinski definition) is 2. The van der Waals surface area contributed by atoms with E-state index in [1.807, 2.05) is 24.3 Å². The second kappa shape index (κ2) is 4.67. The highest BCUT2D eigenvalue weighted by Crippen LogP contribution is 2.28. The van der Waals surface area contributed by atoms with Crippen LogP contribution in [0.4, 0.5) is 0 Å². The molecule has 1 N–H and O–H groups in total. The summed E-state index contributed by atoms with van der Waals surface area (Å²) in [5.74, 6) is 0.921. The average molecular weight is 206 g/mol. The van der Waals surface area contributed by atoms with Gasteiger partial charge in [0.05, 0.1) is 12.2 Å². The van der Waals surface area contributed by atoms with Crippen LogP contribution in [0.3, 0.4) is 0 Å². The lowest BCUT2D eigenvalue weighted by molar-refractivity contribution is 0.166. The standard InChI is InChI=1S/C13H18O2/c1-2-3-13(14)10-4-6-11(7-5-10)15-12-8-9-12/h4-7,12-14H,2-3,8-9H2,1H3. The smallest absolute Gasteiger partial charge is 0.119 e. The number of aliphatic hydroxyl groups excluding tert-OH is 1. The van der Waals surface area contributed by atoms with E-state index in [4.69, 9.17) is 4.74 Å². The summed E-state index contributed by atoms with van der Waals surface area (Å²) in [6.45, 7) is 2.08. The molecule has 15 heavy (non-hydrogen) atoms. The molecule has 0 amide bonds. The number of ether oxygens (including phenoxy) is 1. The van der Waals surface area contributed by atoms with Crippen LogP contribution in [0.5, 0.6) is 5.75 Å². The number of aliphatic hydroxyl groups is 1. The Bertz CT molecular complexity index is 301. The molecule has 1 aromatic rings. The molecule has 1 aromatic carbocycles. The van der Waals surface area contributed by atoms with Gasteiger partial charge < -0.3 is 9.84 Å². The maximum Gasteiger partial charge on any atom is 0.119 e. The minimum atomic E-state index is -0.329. The van der Waals surface area contributed by atoms with Crippen LogP contribution in [-0.4, -0.2) is 11.2 Å². The molecule has 1 saturated carbocycles. The Morgan fingerprint density at radius 1 is 1.33 bits per heavy atom. The van der Waals surface area contributed by atoms with Gasteiger partial charge in [0.2, 0.25) is 0 Å². The lowest BCUT2D eigenvalue weighted by atomic mass is 10.1. The largest absolute Gasteiger partial charge is 0.490 e. The first-order valence-electron chi connectivity index (χ1n) is 5.74. The topological polar surface area (TPSA) is 29.5 Å². The molecule has 2 rings (SSSR count). The number of benzene rings is 1. The van der Waals surface area contributed by atoms with Crippen molar-refractivity contribution in [2.45, 2.75) is 44.8 Å². The van der Waals surface area contributed by atoms with Crippen molar-refractivity contribution in [1.29, 1.82) is 0 Å². The van der Waals surface area contributed by atoms with Crippen molar-refractivity contribution >= 4 is 0 Å². The summed E-state index contributed by atoms with van der Waals surface area (Å²) >= 11 is 0. The van der Waals surface area contributed by atoms with E-state index in [2.05, 4.69) is 6.92 Å². The molecular formula is C13H18O2. The van der Waals surface area contributed by atoms with Crippen LogP contribution in [0.2, 0.25) is 0 Å². The molecule has 0 radical (unpaired) electrons. The van der Waals surface area contributed by atoms with Crippen molar-refractivity contribution in [3.8, 4) is 5.75 Å². The Labute approximate surface area is 90.9 Å². The molecule has 1 atom stereocenters. The van der Waals surface area contributed by atoms with Crippen LogP contribution in [0.25, 0.3) is 0 Å². The third kappa shape index (κ3) is 2.96. The van der Waals surface area contributed by atoms with Crippen LogP contribution < -0.4 is 4.74 Å². The summed E-state index contributed by atoms with van der Waals surface area (Å²) in [4.78, 5) is 0. The average Bonchev–Trinajstić information content (AvgIpc) is 3.03. The lowest BCUT2D eigenvalue weighted by Crippen LogP contribution is -1.98. The predicted octanol–water partition coefficient (Wildman–Crippen LogP) is 3.06. The lowest BCUT2D eigenvalue weighted by Gasteiger charge is -2.10. The van der Waals surface area contributed by atoms with Gasteiger partial charge in [0.1, 0.15) is 5.75 Å². The van der Waals surface area contributed by atoms with Crippen LogP contribution in [0, 0.1) is 0 Å². The Kier molecular flexibility index (Phi) is 3.27. The van der Waals surface area contributed by atoms with Gasteiger partial charge in [-0.25, -0.2) is 0 Å². The molecule has 1 aliphatic carbocycles. The summed E-state index contributed by atoms with van der Waals surface area (Å²) in [5, 5.41) is 9.76. The minimum absolute atomic E-state index is 0.329. The van der Waals surface area contributed by atoms with E-state index in [1.54, 1.807) is 0 Å². The first kappa shape index (κ1) is 10.5. The van der Waals surface area contributed by atoms with Crippen LogP contribution in [-0.2, 0) is 0 Å². The van der Waals surface area contributed by atoms with Gasteiger partial charge in [-0.1, -0.05) is 25.5 Å². The van der Waals surface area contributed by atoms with E-state index in [9.17, 15) is 5.11 Å². The van der Waals surface area contributed by atoms with Gasteiger partial charge in [0, 0.05) is 0 Å². The molecule has 1 unspecified atom stereocenters. The molecule has 0 bridgehead atoms. The summed E-state index contributed by atoms with van der Waals surface area (Å²) < 4.78 is 5.64.